The van der Waals surface area contributed by atoms with E-state index in [0.717, 1.165) is 11.1 Å². The molecule has 0 atom stereocenters. The predicted octanol–water partition coefficient (Wildman–Crippen LogP) is 2.67. The van der Waals surface area contributed by atoms with Gasteiger partial charge >= 0.3 is 5.97 Å². The van der Waals surface area contributed by atoms with Crippen LogP contribution in [0.1, 0.15) is 11.1 Å². The van der Waals surface area contributed by atoms with Crippen LogP contribution in [0.3, 0.4) is 0 Å². The topological polar surface area (TPSA) is 87.7 Å². The van der Waals surface area contributed by atoms with E-state index < -0.39 is 5.97 Å². The standard InChI is InChI=1S/C19H19FN2O4/c1-13(21-11-19(24)25)26-12-15-4-8-17(9-5-15)22-18(23)10-14-2-6-16(20)7-3-14/h2-9,21H,1,10-12H2,(H,22,23)(H,24,25). The third-order valence-corrected chi connectivity index (χ3v) is 3.37. The number of carboxylic acid groups (broad SMARTS) is 1. The lowest BCUT2D eigenvalue weighted by atomic mass is 10.1. The van der Waals surface area contributed by atoms with Crippen LogP contribution in [-0.4, -0.2) is 23.5 Å². The Kier molecular flexibility index (Phi) is 6.73. The molecular formula is C19H19FN2O4. The molecule has 0 saturated carbocycles. The molecule has 6 nitrogen and oxygen atoms in total. The Balaban J connectivity index is 1.79. The van der Waals surface area contributed by atoms with Crippen molar-refractivity contribution in [3.63, 3.8) is 0 Å². The van der Waals surface area contributed by atoms with Crippen molar-refractivity contribution in [3.8, 4) is 0 Å². The van der Waals surface area contributed by atoms with Crippen molar-refractivity contribution in [1.82, 2.24) is 5.32 Å². The second kappa shape index (κ2) is 9.22. The lowest BCUT2D eigenvalue weighted by molar-refractivity contribution is -0.136. The zero-order chi connectivity index (χ0) is 18.9. The molecule has 0 aliphatic heterocycles. The van der Waals surface area contributed by atoms with Gasteiger partial charge in [-0.15, -0.1) is 0 Å². The van der Waals surface area contributed by atoms with Crippen molar-refractivity contribution in [2.24, 2.45) is 0 Å². The Hall–Kier alpha value is -3.35. The van der Waals surface area contributed by atoms with Gasteiger partial charge in [0.1, 0.15) is 19.0 Å². The fourth-order valence-corrected chi connectivity index (χ4v) is 2.07. The van der Waals surface area contributed by atoms with Gasteiger partial charge in [-0.05, 0) is 42.0 Å². The molecule has 7 heteroatoms. The van der Waals surface area contributed by atoms with Gasteiger partial charge in [0, 0.05) is 5.69 Å². The summed E-state index contributed by atoms with van der Waals surface area (Å²) in [6.07, 6.45) is 0.153. The zero-order valence-electron chi connectivity index (χ0n) is 14.0. The molecule has 0 aliphatic rings. The number of carbonyl (C=O) groups is 2. The van der Waals surface area contributed by atoms with Crippen LogP contribution in [0.4, 0.5) is 10.1 Å². The first-order valence-electron chi connectivity index (χ1n) is 7.83. The van der Waals surface area contributed by atoms with Crippen LogP contribution in [0, 0.1) is 5.82 Å². The van der Waals surface area contributed by atoms with E-state index >= 15 is 0 Å². The van der Waals surface area contributed by atoms with E-state index in [1.165, 1.54) is 12.1 Å². The average molecular weight is 358 g/mol. The summed E-state index contributed by atoms with van der Waals surface area (Å²) in [5.74, 6) is -1.38. The van der Waals surface area contributed by atoms with Crippen LogP contribution >= 0.6 is 0 Å². The highest BCUT2D eigenvalue weighted by molar-refractivity contribution is 5.92. The van der Waals surface area contributed by atoms with Crippen LogP contribution in [0.5, 0.6) is 0 Å². The number of nitrogens with one attached hydrogen (secondary N) is 2. The second-order valence-electron chi connectivity index (χ2n) is 5.51. The number of carbonyl (C=O) groups excluding carboxylic acids is 1. The maximum Gasteiger partial charge on any atom is 0.322 e. The Labute approximate surface area is 150 Å². The van der Waals surface area contributed by atoms with E-state index in [-0.39, 0.29) is 37.2 Å². The molecule has 136 valence electrons. The highest BCUT2D eigenvalue weighted by atomic mass is 19.1. The normalized spacial score (nSPS) is 10.0. The monoisotopic (exact) mass is 358 g/mol. The first kappa shape index (κ1) is 19.0. The minimum atomic E-state index is -1.00. The number of hydrogen-bond acceptors (Lipinski definition) is 4. The maximum absolute atomic E-state index is 12.9. The zero-order valence-corrected chi connectivity index (χ0v) is 14.0. The van der Waals surface area contributed by atoms with Crippen LogP contribution < -0.4 is 10.6 Å². The fraction of sp³-hybridized carbons (Fsp3) is 0.158. The highest BCUT2D eigenvalue weighted by Gasteiger charge is 2.05. The van der Waals surface area contributed by atoms with Gasteiger partial charge in [0.15, 0.2) is 5.88 Å². The van der Waals surface area contributed by atoms with Crippen molar-refractivity contribution in [1.29, 1.82) is 0 Å². The molecule has 0 fully saturated rings. The smallest absolute Gasteiger partial charge is 0.322 e. The molecule has 0 aromatic heterocycles. The van der Waals surface area contributed by atoms with Gasteiger partial charge in [0.2, 0.25) is 5.91 Å². The van der Waals surface area contributed by atoms with Crippen LogP contribution in [0.15, 0.2) is 61.0 Å². The van der Waals surface area contributed by atoms with Crippen LogP contribution in [-0.2, 0) is 27.4 Å². The van der Waals surface area contributed by atoms with Gasteiger partial charge in [-0.3, -0.25) is 9.59 Å². The number of hydrogen-bond donors (Lipinski definition) is 3. The number of benzene rings is 2. The molecule has 0 spiro atoms. The van der Waals surface area contributed by atoms with Crippen molar-refractivity contribution in [2.75, 3.05) is 11.9 Å². The predicted molar refractivity (Wildman–Crippen MR) is 94.7 cm³/mol. The molecule has 0 aliphatic carbocycles. The van der Waals surface area contributed by atoms with Gasteiger partial charge in [0.25, 0.3) is 0 Å². The molecule has 2 aromatic carbocycles. The largest absolute Gasteiger partial charge is 0.480 e. The average Bonchev–Trinajstić information content (AvgIpc) is 2.61. The number of aliphatic carboxylic acids is 1. The maximum atomic E-state index is 12.9. The third-order valence-electron chi connectivity index (χ3n) is 3.37. The van der Waals surface area contributed by atoms with Gasteiger partial charge < -0.3 is 20.5 Å². The van der Waals surface area contributed by atoms with Gasteiger partial charge in [-0.25, -0.2) is 4.39 Å². The molecule has 0 heterocycles. The molecule has 0 saturated heterocycles. The summed E-state index contributed by atoms with van der Waals surface area (Å²) in [6.45, 7) is 3.52. The van der Waals surface area contributed by atoms with E-state index in [4.69, 9.17) is 9.84 Å². The van der Waals surface area contributed by atoms with Gasteiger partial charge in [0.05, 0.1) is 6.42 Å². The van der Waals surface area contributed by atoms with Crippen molar-refractivity contribution >= 4 is 17.6 Å². The molecule has 1 amide bonds. The molecule has 0 radical (unpaired) electrons. The molecule has 0 bridgehead atoms. The summed E-state index contributed by atoms with van der Waals surface area (Å²) in [4.78, 5) is 22.4. The molecule has 0 unspecified atom stereocenters. The van der Waals surface area contributed by atoms with Gasteiger partial charge in [-0.2, -0.15) is 0 Å². The molecule has 3 N–H and O–H groups in total. The number of rotatable bonds is 9. The number of carboxylic acids is 1. The Morgan fingerprint density at radius 2 is 1.65 bits per heavy atom. The SMILES string of the molecule is C=C(NCC(=O)O)OCc1ccc(NC(=O)Cc2ccc(F)cc2)cc1. The quantitative estimate of drug-likeness (QED) is 0.600. The van der Waals surface area contributed by atoms with Crippen molar-refractivity contribution in [2.45, 2.75) is 13.0 Å². The first-order valence-corrected chi connectivity index (χ1v) is 7.83. The first-order chi connectivity index (χ1) is 12.4. The minimum Gasteiger partial charge on any atom is -0.480 e. The number of anilines is 1. The third kappa shape index (κ3) is 6.64. The van der Waals surface area contributed by atoms with Crippen molar-refractivity contribution < 1.29 is 23.8 Å². The van der Waals surface area contributed by atoms with Crippen LogP contribution in [0.2, 0.25) is 0 Å². The number of halogens is 1. The number of ether oxygens (including phenoxy) is 1. The van der Waals surface area contributed by atoms with E-state index in [1.54, 1.807) is 36.4 Å². The molecule has 26 heavy (non-hydrogen) atoms. The van der Waals surface area contributed by atoms with Crippen molar-refractivity contribution in [3.05, 3.63) is 77.9 Å². The van der Waals surface area contributed by atoms with E-state index in [1.807, 2.05) is 0 Å². The van der Waals surface area contributed by atoms with Gasteiger partial charge in [-0.1, -0.05) is 24.3 Å². The minimum absolute atomic E-state index is 0.153. The Morgan fingerprint density at radius 3 is 2.27 bits per heavy atom. The molecule has 2 rings (SSSR count). The van der Waals surface area contributed by atoms with Crippen LogP contribution in [0.25, 0.3) is 0 Å². The number of amides is 1. The molecule has 2 aromatic rings. The second-order valence-corrected chi connectivity index (χ2v) is 5.51. The lowest BCUT2D eigenvalue weighted by Gasteiger charge is -2.11. The van der Waals surface area contributed by atoms with E-state index in [0.29, 0.717) is 5.69 Å². The van der Waals surface area contributed by atoms with E-state index in [2.05, 4.69) is 17.2 Å². The summed E-state index contributed by atoms with van der Waals surface area (Å²) >= 11 is 0. The summed E-state index contributed by atoms with van der Waals surface area (Å²) in [5.41, 5.74) is 2.18. The van der Waals surface area contributed by atoms with E-state index in [9.17, 15) is 14.0 Å². The summed E-state index contributed by atoms with van der Waals surface area (Å²) in [5, 5.41) is 13.8. The summed E-state index contributed by atoms with van der Waals surface area (Å²) in [7, 11) is 0. The lowest BCUT2D eigenvalue weighted by Crippen LogP contribution is -2.22. The molecular weight excluding hydrogens is 339 g/mol. The fourth-order valence-electron chi connectivity index (χ4n) is 2.07. The Morgan fingerprint density at radius 1 is 1.04 bits per heavy atom. The highest BCUT2D eigenvalue weighted by Crippen LogP contribution is 2.12. The summed E-state index contributed by atoms with van der Waals surface area (Å²) < 4.78 is 18.2. The summed E-state index contributed by atoms with van der Waals surface area (Å²) in [6, 6.07) is 12.8. The Bertz CT molecular complexity index is 773.